The van der Waals surface area contributed by atoms with Crippen LogP contribution in [0.25, 0.3) is 11.3 Å². The molecule has 0 saturated carbocycles. The van der Waals surface area contributed by atoms with Crippen molar-refractivity contribution in [3.8, 4) is 11.3 Å². The number of likely N-dealkylation sites (N-methyl/N-ethyl adjacent to an activating group) is 1. The van der Waals surface area contributed by atoms with Gasteiger partial charge in [0.2, 0.25) is 0 Å². The third-order valence-electron chi connectivity index (χ3n) is 3.86. The van der Waals surface area contributed by atoms with Gasteiger partial charge in [0.1, 0.15) is 5.82 Å². The van der Waals surface area contributed by atoms with Crippen LogP contribution in [0.2, 0.25) is 0 Å². The van der Waals surface area contributed by atoms with Gasteiger partial charge in [-0.2, -0.15) is 0 Å². The van der Waals surface area contributed by atoms with Gasteiger partial charge in [-0.05, 0) is 18.7 Å². The van der Waals surface area contributed by atoms with Crippen LogP contribution in [-0.4, -0.2) is 51.8 Å². The number of morpholine rings is 1. The Kier molecular flexibility index (Phi) is 4.17. The lowest BCUT2D eigenvalue weighted by Crippen LogP contribution is -2.43. The van der Waals surface area contributed by atoms with Crippen LogP contribution in [0.3, 0.4) is 0 Å². The standard InChI is InChI=1S/C15H21N5O/c1-2-19-5-6-21-13(9-19)10-20-11-17-8-14(20)12-3-4-15(16)18-7-12/h3-4,7-8,11,13H,2,5-6,9-10H2,1H3,(H2,16,18). The van der Waals surface area contributed by atoms with E-state index in [4.69, 9.17) is 10.5 Å². The number of nitrogen functional groups attached to an aromatic ring is 1. The summed E-state index contributed by atoms with van der Waals surface area (Å²) in [6, 6.07) is 3.78. The van der Waals surface area contributed by atoms with Gasteiger partial charge in [0.15, 0.2) is 0 Å². The first-order valence-corrected chi connectivity index (χ1v) is 7.32. The Morgan fingerprint density at radius 3 is 3.05 bits per heavy atom. The van der Waals surface area contributed by atoms with Gasteiger partial charge in [-0.3, -0.25) is 4.90 Å². The summed E-state index contributed by atoms with van der Waals surface area (Å²) in [4.78, 5) is 10.8. The molecule has 6 nitrogen and oxygen atoms in total. The van der Waals surface area contributed by atoms with Crippen LogP contribution in [0.15, 0.2) is 30.9 Å². The molecular formula is C15H21N5O. The lowest BCUT2D eigenvalue weighted by molar-refractivity contribution is -0.0341. The van der Waals surface area contributed by atoms with Gasteiger partial charge >= 0.3 is 0 Å². The molecule has 1 fully saturated rings. The summed E-state index contributed by atoms with van der Waals surface area (Å²) in [6.45, 7) is 6.84. The molecule has 3 rings (SSSR count). The van der Waals surface area contributed by atoms with Crippen molar-refractivity contribution in [1.29, 1.82) is 0 Å². The highest BCUT2D eigenvalue weighted by atomic mass is 16.5. The van der Waals surface area contributed by atoms with Gasteiger partial charge in [0.25, 0.3) is 0 Å². The maximum atomic E-state index is 5.87. The molecule has 1 aliphatic heterocycles. The van der Waals surface area contributed by atoms with Crippen molar-refractivity contribution in [2.24, 2.45) is 0 Å². The minimum Gasteiger partial charge on any atom is -0.384 e. The summed E-state index contributed by atoms with van der Waals surface area (Å²) in [5.41, 5.74) is 7.70. The molecule has 0 aromatic carbocycles. The number of aromatic nitrogens is 3. The van der Waals surface area contributed by atoms with E-state index in [2.05, 4.69) is 26.4 Å². The second-order valence-electron chi connectivity index (χ2n) is 5.29. The Balaban J connectivity index is 1.75. The summed E-state index contributed by atoms with van der Waals surface area (Å²) < 4.78 is 7.99. The summed E-state index contributed by atoms with van der Waals surface area (Å²) in [5.74, 6) is 0.527. The molecule has 0 aliphatic carbocycles. The highest BCUT2D eigenvalue weighted by molar-refractivity contribution is 5.59. The highest BCUT2D eigenvalue weighted by Gasteiger charge is 2.20. The maximum Gasteiger partial charge on any atom is 0.123 e. The summed E-state index contributed by atoms with van der Waals surface area (Å²) in [6.07, 6.45) is 5.68. The number of hydrogen-bond acceptors (Lipinski definition) is 5. The molecule has 1 unspecified atom stereocenters. The fraction of sp³-hybridized carbons (Fsp3) is 0.467. The molecule has 2 aromatic heterocycles. The van der Waals surface area contributed by atoms with E-state index in [1.54, 1.807) is 6.20 Å². The quantitative estimate of drug-likeness (QED) is 0.916. The molecule has 3 heterocycles. The number of nitrogens with zero attached hydrogens (tertiary/aromatic N) is 4. The van der Waals surface area contributed by atoms with E-state index in [0.717, 1.165) is 44.0 Å². The average molecular weight is 287 g/mol. The zero-order valence-corrected chi connectivity index (χ0v) is 12.3. The number of nitrogens with two attached hydrogens (primary N) is 1. The van der Waals surface area contributed by atoms with E-state index >= 15 is 0 Å². The molecule has 112 valence electrons. The third kappa shape index (κ3) is 3.22. The van der Waals surface area contributed by atoms with E-state index in [1.807, 2.05) is 24.7 Å². The smallest absolute Gasteiger partial charge is 0.123 e. The van der Waals surface area contributed by atoms with Crippen LogP contribution >= 0.6 is 0 Å². The molecular weight excluding hydrogens is 266 g/mol. The maximum absolute atomic E-state index is 5.87. The molecule has 0 radical (unpaired) electrons. The number of ether oxygens (including phenoxy) is 1. The molecule has 0 bridgehead atoms. The summed E-state index contributed by atoms with van der Waals surface area (Å²) in [7, 11) is 0. The van der Waals surface area contributed by atoms with Crippen LogP contribution in [0.4, 0.5) is 5.82 Å². The molecule has 0 amide bonds. The van der Waals surface area contributed by atoms with Crippen LogP contribution < -0.4 is 5.73 Å². The van der Waals surface area contributed by atoms with Gasteiger partial charge < -0.3 is 15.0 Å². The SMILES string of the molecule is CCN1CCOC(Cn2cncc2-c2ccc(N)nc2)C1. The van der Waals surface area contributed by atoms with Gasteiger partial charge in [0.05, 0.1) is 37.5 Å². The number of anilines is 1. The predicted molar refractivity (Wildman–Crippen MR) is 81.7 cm³/mol. The average Bonchev–Trinajstić information content (AvgIpc) is 2.96. The summed E-state index contributed by atoms with van der Waals surface area (Å²) >= 11 is 0. The molecule has 2 aromatic rings. The predicted octanol–water partition coefficient (Wildman–Crippen LogP) is 1.25. The van der Waals surface area contributed by atoms with Crippen molar-refractivity contribution in [2.75, 3.05) is 32.0 Å². The van der Waals surface area contributed by atoms with E-state index in [9.17, 15) is 0 Å². The number of imidazole rings is 1. The first-order chi connectivity index (χ1) is 10.3. The first kappa shape index (κ1) is 14.0. The first-order valence-electron chi connectivity index (χ1n) is 7.32. The Morgan fingerprint density at radius 1 is 1.38 bits per heavy atom. The second kappa shape index (κ2) is 6.24. The van der Waals surface area contributed by atoms with Gasteiger partial charge in [-0.1, -0.05) is 6.92 Å². The molecule has 6 heteroatoms. The van der Waals surface area contributed by atoms with E-state index in [1.165, 1.54) is 0 Å². The van der Waals surface area contributed by atoms with Crippen molar-refractivity contribution < 1.29 is 4.74 Å². The molecule has 21 heavy (non-hydrogen) atoms. The second-order valence-corrected chi connectivity index (χ2v) is 5.29. The molecule has 1 atom stereocenters. The minimum absolute atomic E-state index is 0.202. The number of rotatable bonds is 4. The Bertz CT molecular complexity index is 580. The number of hydrogen-bond donors (Lipinski definition) is 1. The fourth-order valence-corrected chi connectivity index (χ4v) is 2.66. The van der Waals surface area contributed by atoms with Crippen molar-refractivity contribution in [2.45, 2.75) is 19.6 Å². The van der Waals surface area contributed by atoms with Gasteiger partial charge in [-0.15, -0.1) is 0 Å². The van der Waals surface area contributed by atoms with Crippen LogP contribution in [0.1, 0.15) is 6.92 Å². The zero-order chi connectivity index (χ0) is 14.7. The van der Waals surface area contributed by atoms with E-state index < -0.39 is 0 Å². The largest absolute Gasteiger partial charge is 0.384 e. The Morgan fingerprint density at radius 2 is 2.29 bits per heavy atom. The van der Waals surface area contributed by atoms with Crippen LogP contribution in [0, 0.1) is 0 Å². The van der Waals surface area contributed by atoms with Crippen molar-refractivity contribution >= 4 is 5.82 Å². The zero-order valence-electron chi connectivity index (χ0n) is 12.3. The lowest BCUT2D eigenvalue weighted by Gasteiger charge is -2.32. The normalized spacial score (nSPS) is 19.8. The van der Waals surface area contributed by atoms with Gasteiger partial charge in [-0.25, -0.2) is 9.97 Å². The number of pyridine rings is 1. The summed E-state index contributed by atoms with van der Waals surface area (Å²) in [5, 5.41) is 0. The van der Waals surface area contributed by atoms with E-state index in [-0.39, 0.29) is 6.10 Å². The third-order valence-corrected chi connectivity index (χ3v) is 3.86. The van der Waals surface area contributed by atoms with Gasteiger partial charge in [0, 0.05) is 24.8 Å². The topological polar surface area (TPSA) is 69.2 Å². The van der Waals surface area contributed by atoms with Crippen molar-refractivity contribution in [1.82, 2.24) is 19.4 Å². The van der Waals surface area contributed by atoms with Crippen molar-refractivity contribution in [3.63, 3.8) is 0 Å². The molecule has 0 spiro atoms. The minimum atomic E-state index is 0.202. The Hall–Kier alpha value is -1.92. The monoisotopic (exact) mass is 287 g/mol. The van der Waals surface area contributed by atoms with Crippen LogP contribution in [-0.2, 0) is 11.3 Å². The molecule has 1 saturated heterocycles. The molecule has 1 aliphatic rings. The highest BCUT2D eigenvalue weighted by Crippen LogP contribution is 2.20. The fourth-order valence-electron chi connectivity index (χ4n) is 2.66. The Labute approximate surface area is 124 Å². The van der Waals surface area contributed by atoms with Crippen LogP contribution in [0.5, 0.6) is 0 Å². The van der Waals surface area contributed by atoms with Crippen molar-refractivity contribution in [3.05, 3.63) is 30.9 Å². The molecule has 2 N–H and O–H groups in total. The lowest BCUT2D eigenvalue weighted by atomic mass is 10.2. The van der Waals surface area contributed by atoms with E-state index in [0.29, 0.717) is 5.82 Å².